The van der Waals surface area contributed by atoms with Crippen molar-refractivity contribution in [2.24, 2.45) is 5.73 Å². The van der Waals surface area contributed by atoms with Crippen LogP contribution in [0, 0.1) is 0 Å². The molecule has 5 nitrogen and oxygen atoms in total. The summed E-state index contributed by atoms with van der Waals surface area (Å²) >= 11 is 0.905. The maximum Gasteiger partial charge on any atom is 0.433 e. The topological polar surface area (TPSA) is 96.4 Å². The fraction of sp³-hybridized carbons (Fsp3) is 0.571. The van der Waals surface area contributed by atoms with E-state index in [4.69, 9.17) is 10.8 Å². The third-order valence-electron chi connectivity index (χ3n) is 3.50. The SMILES string of the molecule is NC(CCSCCC(O)(c1ccnc(C(F)(F)F)c1)C(F)(F)F)C(=O)O. The molecule has 4 N–H and O–H groups in total. The minimum absolute atomic E-state index is 0.00206. The minimum atomic E-state index is -5.21. The van der Waals surface area contributed by atoms with E-state index >= 15 is 0 Å². The number of carbonyl (C=O) groups is 1. The minimum Gasteiger partial charge on any atom is -0.480 e. The molecule has 2 unspecified atom stereocenters. The van der Waals surface area contributed by atoms with Crippen molar-refractivity contribution in [1.82, 2.24) is 4.98 Å². The molecule has 12 heteroatoms. The summed E-state index contributed by atoms with van der Waals surface area (Å²) in [6, 6.07) is -0.328. The van der Waals surface area contributed by atoms with Crippen molar-refractivity contribution in [3.05, 3.63) is 29.6 Å². The Bertz CT molecular complexity index is 625. The van der Waals surface area contributed by atoms with Crippen LogP contribution in [0.25, 0.3) is 0 Å². The average Bonchev–Trinajstić information content (AvgIpc) is 2.52. The van der Waals surface area contributed by atoms with Crippen LogP contribution < -0.4 is 5.73 Å². The smallest absolute Gasteiger partial charge is 0.433 e. The summed E-state index contributed by atoms with van der Waals surface area (Å²) in [6.45, 7) is 0. The van der Waals surface area contributed by atoms with Gasteiger partial charge >= 0.3 is 18.3 Å². The first-order valence-electron chi connectivity index (χ1n) is 7.18. The third-order valence-corrected chi connectivity index (χ3v) is 4.51. The molecule has 0 aliphatic rings. The van der Waals surface area contributed by atoms with Crippen molar-refractivity contribution < 1.29 is 41.4 Å². The van der Waals surface area contributed by atoms with Gasteiger partial charge in [-0.1, -0.05) is 0 Å². The van der Waals surface area contributed by atoms with Crippen LogP contribution in [0.3, 0.4) is 0 Å². The molecule has 0 aliphatic carbocycles. The van der Waals surface area contributed by atoms with Gasteiger partial charge in [-0.25, -0.2) is 0 Å². The number of aliphatic carboxylic acids is 1. The number of pyridine rings is 1. The molecule has 0 saturated heterocycles. The summed E-state index contributed by atoms with van der Waals surface area (Å²) in [5.74, 6) is -1.41. The van der Waals surface area contributed by atoms with Crippen molar-refractivity contribution in [3.63, 3.8) is 0 Å². The number of alkyl halides is 6. The summed E-state index contributed by atoms with van der Waals surface area (Å²) in [4.78, 5) is 13.5. The lowest BCUT2D eigenvalue weighted by molar-refractivity contribution is -0.267. The van der Waals surface area contributed by atoms with E-state index in [0.29, 0.717) is 12.3 Å². The predicted octanol–water partition coefficient (Wildman–Crippen LogP) is 2.78. The molecule has 26 heavy (non-hydrogen) atoms. The van der Waals surface area contributed by atoms with Gasteiger partial charge in [0.25, 0.3) is 0 Å². The lowest BCUT2D eigenvalue weighted by Crippen LogP contribution is -2.43. The van der Waals surface area contributed by atoms with Gasteiger partial charge in [0.1, 0.15) is 11.7 Å². The van der Waals surface area contributed by atoms with Crippen LogP contribution in [0.15, 0.2) is 18.3 Å². The fourth-order valence-corrected chi connectivity index (χ4v) is 3.01. The van der Waals surface area contributed by atoms with E-state index < -0.39 is 47.6 Å². The zero-order chi connectivity index (χ0) is 20.2. The van der Waals surface area contributed by atoms with Gasteiger partial charge in [0.05, 0.1) is 0 Å². The molecule has 0 amide bonds. The Balaban J connectivity index is 2.88. The van der Waals surface area contributed by atoms with Crippen LogP contribution in [0.1, 0.15) is 24.1 Å². The Kier molecular flexibility index (Phi) is 7.31. The molecule has 0 spiro atoms. The van der Waals surface area contributed by atoms with Gasteiger partial charge in [0, 0.05) is 6.20 Å². The van der Waals surface area contributed by atoms with Crippen molar-refractivity contribution in [2.75, 3.05) is 11.5 Å². The van der Waals surface area contributed by atoms with E-state index in [-0.39, 0.29) is 24.0 Å². The van der Waals surface area contributed by atoms with Gasteiger partial charge in [0.2, 0.25) is 0 Å². The lowest BCUT2D eigenvalue weighted by Gasteiger charge is -2.31. The molecule has 1 aromatic heterocycles. The van der Waals surface area contributed by atoms with E-state index in [9.17, 15) is 36.2 Å². The van der Waals surface area contributed by atoms with Gasteiger partial charge in [-0.15, -0.1) is 0 Å². The number of aliphatic hydroxyl groups is 1. The fourth-order valence-electron chi connectivity index (χ4n) is 1.95. The van der Waals surface area contributed by atoms with E-state index in [1.807, 2.05) is 0 Å². The van der Waals surface area contributed by atoms with E-state index in [1.54, 1.807) is 0 Å². The molecule has 0 aromatic carbocycles. The van der Waals surface area contributed by atoms with Gasteiger partial charge in [-0.2, -0.15) is 38.1 Å². The number of nitrogens with zero attached hydrogens (tertiary/aromatic N) is 1. The van der Waals surface area contributed by atoms with Crippen molar-refractivity contribution in [3.8, 4) is 0 Å². The molecule has 0 saturated carbocycles. The molecule has 0 radical (unpaired) electrons. The van der Waals surface area contributed by atoms with Crippen molar-refractivity contribution >= 4 is 17.7 Å². The third kappa shape index (κ3) is 5.74. The largest absolute Gasteiger partial charge is 0.480 e. The maximum absolute atomic E-state index is 13.3. The predicted molar refractivity (Wildman–Crippen MR) is 81.4 cm³/mol. The molecule has 1 heterocycles. The summed E-state index contributed by atoms with van der Waals surface area (Å²) in [6.07, 6.45) is -10.5. The molecule has 1 rings (SSSR count). The van der Waals surface area contributed by atoms with E-state index in [1.165, 1.54) is 0 Å². The average molecular weight is 406 g/mol. The molecule has 0 bridgehead atoms. The maximum atomic E-state index is 13.3. The molecule has 2 atom stereocenters. The van der Waals surface area contributed by atoms with Crippen LogP contribution in [0.4, 0.5) is 26.3 Å². The molecule has 1 aromatic rings. The highest BCUT2D eigenvalue weighted by Gasteiger charge is 2.55. The summed E-state index contributed by atoms with van der Waals surface area (Å²) in [5.41, 5.74) is -0.748. The number of carboxylic acid groups (broad SMARTS) is 1. The van der Waals surface area contributed by atoms with Gasteiger partial charge in [-0.05, 0) is 42.0 Å². The van der Waals surface area contributed by atoms with Crippen LogP contribution in [-0.4, -0.2) is 44.9 Å². The normalized spacial score (nSPS) is 16.2. The second-order valence-corrected chi connectivity index (χ2v) is 6.61. The highest BCUT2D eigenvalue weighted by molar-refractivity contribution is 7.99. The number of nitrogens with two attached hydrogens (primary N) is 1. The monoisotopic (exact) mass is 406 g/mol. The summed E-state index contributed by atoms with van der Waals surface area (Å²) < 4.78 is 77.9. The Labute approximate surface area is 148 Å². The molecule has 0 aliphatic heterocycles. The van der Waals surface area contributed by atoms with Gasteiger partial charge in [-0.3, -0.25) is 9.78 Å². The van der Waals surface area contributed by atoms with Crippen LogP contribution in [0.2, 0.25) is 0 Å². The van der Waals surface area contributed by atoms with Crippen LogP contribution in [0.5, 0.6) is 0 Å². The Hall–Kier alpha value is -1.53. The summed E-state index contributed by atoms with van der Waals surface area (Å²) in [5, 5.41) is 18.6. The van der Waals surface area contributed by atoms with Crippen LogP contribution >= 0.6 is 11.8 Å². The Morgan fingerprint density at radius 1 is 1.23 bits per heavy atom. The highest BCUT2D eigenvalue weighted by atomic mass is 32.2. The number of halogens is 6. The Morgan fingerprint density at radius 2 is 1.85 bits per heavy atom. The number of thioether (sulfide) groups is 1. The Morgan fingerprint density at radius 3 is 2.35 bits per heavy atom. The number of aromatic nitrogens is 1. The van der Waals surface area contributed by atoms with Crippen molar-refractivity contribution in [2.45, 2.75) is 36.8 Å². The number of hydrogen-bond acceptors (Lipinski definition) is 5. The van der Waals surface area contributed by atoms with Crippen LogP contribution in [-0.2, 0) is 16.6 Å². The van der Waals surface area contributed by atoms with Crippen molar-refractivity contribution in [1.29, 1.82) is 0 Å². The van der Waals surface area contributed by atoms with E-state index in [2.05, 4.69) is 4.98 Å². The lowest BCUT2D eigenvalue weighted by atomic mass is 9.90. The van der Waals surface area contributed by atoms with E-state index in [0.717, 1.165) is 11.8 Å². The first-order valence-corrected chi connectivity index (χ1v) is 8.33. The summed E-state index contributed by atoms with van der Waals surface area (Å²) in [7, 11) is 0. The molecule has 148 valence electrons. The molecule has 0 fully saturated rings. The quantitative estimate of drug-likeness (QED) is 0.454. The zero-order valence-corrected chi connectivity index (χ0v) is 14.0. The molecular formula is C14H16F6N2O3S. The second-order valence-electron chi connectivity index (χ2n) is 5.38. The number of rotatable bonds is 8. The second kappa shape index (κ2) is 8.44. The highest BCUT2D eigenvalue weighted by Crippen LogP contribution is 2.43. The molecular weight excluding hydrogens is 390 g/mol. The van der Waals surface area contributed by atoms with Gasteiger partial charge < -0.3 is 15.9 Å². The first kappa shape index (κ1) is 22.5. The number of hydrogen-bond donors (Lipinski definition) is 3. The van der Waals surface area contributed by atoms with Gasteiger partial charge in [0.15, 0.2) is 5.60 Å². The number of carboxylic acids is 1. The zero-order valence-electron chi connectivity index (χ0n) is 13.1. The standard InChI is InChI=1S/C14H16F6N2O3S/c15-13(16,17)10-7-8(1-4-22-10)12(25,14(18,19)20)3-6-26-5-2-9(21)11(23)24/h1,4,7,9,25H,2-3,5-6,21H2,(H,23,24). The first-order chi connectivity index (χ1) is 11.8.